The maximum absolute atomic E-state index is 10.9. The zero-order valence-electron chi connectivity index (χ0n) is 10.1. The van der Waals surface area contributed by atoms with E-state index in [9.17, 15) is 4.79 Å². The number of carboxylic acids is 1. The Morgan fingerprint density at radius 1 is 1.50 bits per heavy atom. The molecule has 1 aromatic carbocycles. The lowest BCUT2D eigenvalue weighted by atomic mass is 10.1. The minimum absolute atomic E-state index is 0.216. The van der Waals surface area contributed by atoms with Gasteiger partial charge in [0.2, 0.25) is 0 Å². The molecule has 0 fully saturated rings. The van der Waals surface area contributed by atoms with Gasteiger partial charge in [0.25, 0.3) is 0 Å². The van der Waals surface area contributed by atoms with Gasteiger partial charge in [0.15, 0.2) is 11.6 Å². The minimum Gasteiger partial charge on any atom is -0.478 e. The highest BCUT2D eigenvalue weighted by atomic mass is 16.5. The van der Waals surface area contributed by atoms with Gasteiger partial charge in [-0.05, 0) is 12.1 Å². The Balaban J connectivity index is 2.39. The van der Waals surface area contributed by atoms with Crippen molar-refractivity contribution in [1.29, 1.82) is 0 Å². The molecule has 1 N–H and O–H groups in total. The molecule has 0 saturated heterocycles. The number of ether oxygens (including phenoxy) is 1. The van der Waals surface area contributed by atoms with E-state index in [4.69, 9.17) is 9.84 Å². The number of aromatic nitrogens is 3. The van der Waals surface area contributed by atoms with Gasteiger partial charge in [0.05, 0.1) is 5.56 Å². The van der Waals surface area contributed by atoms with Crippen molar-refractivity contribution < 1.29 is 14.6 Å². The second kappa shape index (κ2) is 4.97. The number of carbonyl (C=O) groups is 1. The first kappa shape index (κ1) is 12.3. The minimum atomic E-state index is -0.968. The molecule has 2 rings (SSSR count). The topological polar surface area (TPSA) is 77.2 Å². The summed E-state index contributed by atoms with van der Waals surface area (Å²) >= 11 is 0. The van der Waals surface area contributed by atoms with Crippen molar-refractivity contribution in [2.75, 3.05) is 7.11 Å². The Bertz CT molecular complexity index is 578. The molecule has 0 aliphatic rings. The van der Waals surface area contributed by atoms with E-state index < -0.39 is 5.97 Å². The van der Waals surface area contributed by atoms with Crippen molar-refractivity contribution in [3.05, 3.63) is 35.7 Å². The van der Waals surface area contributed by atoms with Crippen LogP contribution < -0.4 is 0 Å². The van der Waals surface area contributed by atoms with Gasteiger partial charge in [0.1, 0.15) is 6.61 Å². The first-order valence-corrected chi connectivity index (χ1v) is 5.34. The maximum atomic E-state index is 10.9. The van der Waals surface area contributed by atoms with Crippen LogP contribution in [0.15, 0.2) is 24.3 Å². The van der Waals surface area contributed by atoms with E-state index >= 15 is 0 Å². The smallest absolute Gasteiger partial charge is 0.335 e. The largest absolute Gasteiger partial charge is 0.478 e. The third-order valence-electron chi connectivity index (χ3n) is 2.49. The molecule has 94 valence electrons. The van der Waals surface area contributed by atoms with Crippen molar-refractivity contribution in [1.82, 2.24) is 14.8 Å². The summed E-state index contributed by atoms with van der Waals surface area (Å²) in [6.45, 7) is 0.363. The first-order chi connectivity index (χ1) is 8.61. The van der Waals surface area contributed by atoms with Crippen LogP contribution in [0.2, 0.25) is 0 Å². The van der Waals surface area contributed by atoms with Crippen LogP contribution in [0, 0.1) is 0 Å². The number of benzene rings is 1. The molecule has 0 saturated carbocycles. The van der Waals surface area contributed by atoms with Crippen LogP contribution in [0.1, 0.15) is 16.2 Å². The van der Waals surface area contributed by atoms with E-state index in [1.165, 1.54) is 6.07 Å². The van der Waals surface area contributed by atoms with Crippen molar-refractivity contribution in [3.8, 4) is 11.4 Å². The molecule has 6 nitrogen and oxygen atoms in total. The number of carboxylic acid groups (broad SMARTS) is 1. The molecule has 0 atom stereocenters. The second-order valence-electron chi connectivity index (χ2n) is 3.79. The van der Waals surface area contributed by atoms with Crippen LogP contribution in [-0.4, -0.2) is 33.0 Å². The summed E-state index contributed by atoms with van der Waals surface area (Å²) in [6.07, 6.45) is 0. The fraction of sp³-hybridized carbons (Fsp3) is 0.250. The van der Waals surface area contributed by atoms with Gasteiger partial charge in [-0.2, -0.15) is 5.10 Å². The van der Waals surface area contributed by atoms with E-state index in [2.05, 4.69) is 10.1 Å². The summed E-state index contributed by atoms with van der Waals surface area (Å²) < 4.78 is 6.62. The van der Waals surface area contributed by atoms with Crippen LogP contribution in [0.5, 0.6) is 0 Å². The van der Waals surface area contributed by atoms with E-state index in [1.54, 1.807) is 37.0 Å². The summed E-state index contributed by atoms with van der Waals surface area (Å²) in [5.41, 5.74) is 0.890. The third kappa shape index (κ3) is 2.38. The Morgan fingerprint density at radius 2 is 2.28 bits per heavy atom. The quantitative estimate of drug-likeness (QED) is 0.881. The lowest BCUT2D eigenvalue weighted by Gasteiger charge is -1.97. The van der Waals surface area contributed by atoms with Gasteiger partial charge in [-0.15, -0.1) is 0 Å². The summed E-state index contributed by atoms with van der Waals surface area (Å²) in [5.74, 6) is 0.214. The fourth-order valence-electron chi connectivity index (χ4n) is 1.59. The molecule has 1 heterocycles. The molecular weight excluding hydrogens is 234 g/mol. The lowest BCUT2D eigenvalue weighted by molar-refractivity contribution is 0.0697. The average molecular weight is 247 g/mol. The highest BCUT2D eigenvalue weighted by Crippen LogP contribution is 2.17. The average Bonchev–Trinajstić information content (AvgIpc) is 2.72. The number of hydrogen-bond donors (Lipinski definition) is 1. The van der Waals surface area contributed by atoms with E-state index in [0.29, 0.717) is 23.8 Å². The van der Waals surface area contributed by atoms with Crippen LogP contribution >= 0.6 is 0 Å². The number of nitrogens with zero attached hydrogens (tertiary/aromatic N) is 3. The molecule has 0 aliphatic heterocycles. The summed E-state index contributed by atoms with van der Waals surface area (Å²) in [7, 11) is 3.35. The number of hydrogen-bond acceptors (Lipinski definition) is 4. The Hall–Kier alpha value is -2.21. The zero-order valence-corrected chi connectivity index (χ0v) is 10.1. The van der Waals surface area contributed by atoms with Crippen LogP contribution in [-0.2, 0) is 18.4 Å². The number of methoxy groups -OCH3 is 1. The van der Waals surface area contributed by atoms with Crippen molar-refractivity contribution in [3.63, 3.8) is 0 Å². The Kier molecular flexibility index (Phi) is 3.38. The van der Waals surface area contributed by atoms with Gasteiger partial charge in [-0.25, -0.2) is 9.78 Å². The number of aryl methyl sites for hydroxylation is 1. The van der Waals surface area contributed by atoms with E-state index in [0.717, 1.165) is 0 Å². The molecule has 0 unspecified atom stereocenters. The molecular formula is C12H13N3O3. The van der Waals surface area contributed by atoms with Crippen molar-refractivity contribution in [2.45, 2.75) is 6.61 Å². The number of aromatic carboxylic acids is 1. The molecule has 6 heteroatoms. The molecule has 0 amide bonds. The van der Waals surface area contributed by atoms with Gasteiger partial charge in [-0.1, -0.05) is 12.1 Å². The summed E-state index contributed by atoms with van der Waals surface area (Å²) in [5, 5.41) is 13.2. The standard InChI is InChI=1S/C12H13N3O3/c1-15-10(7-18-2)13-11(14-15)8-4-3-5-9(6-8)12(16)17/h3-6H,7H2,1-2H3,(H,16,17). The summed E-state index contributed by atoms with van der Waals surface area (Å²) in [4.78, 5) is 15.2. The highest BCUT2D eigenvalue weighted by molar-refractivity contribution is 5.89. The van der Waals surface area contributed by atoms with Gasteiger partial charge >= 0.3 is 5.97 Å². The molecule has 18 heavy (non-hydrogen) atoms. The van der Waals surface area contributed by atoms with E-state index in [1.807, 2.05) is 0 Å². The van der Waals surface area contributed by atoms with Crippen LogP contribution in [0.4, 0.5) is 0 Å². The molecule has 0 aliphatic carbocycles. The Labute approximate surface area is 104 Å². The van der Waals surface area contributed by atoms with Crippen molar-refractivity contribution >= 4 is 5.97 Å². The van der Waals surface area contributed by atoms with Gasteiger partial charge in [0, 0.05) is 19.7 Å². The Morgan fingerprint density at radius 3 is 2.94 bits per heavy atom. The van der Waals surface area contributed by atoms with Crippen LogP contribution in [0.25, 0.3) is 11.4 Å². The molecule has 0 bridgehead atoms. The molecule has 1 aromatic heterocycles. The third-order valence-corrected chi connectivity index (χ3v) is 2.49. The highest BCUT2D eigenvalue weighted by Gasteiger charge is 2.11. The monoisotopic (exact) mass is 247 g/mol. The number of rotatable bonds is 4. The second-order valence-corrected chi connectivity index (χ2v) is 3.79. The molecule has 0 radical (unpaired) electrons. The normalized spacial score (nSPS) is 10.6. The van der Waals surface area contributed by atoms with Crippen LogP contribution in [0.3, 0.4) is 0 Å². The summed E-state index contributed by atoms with van der Waals surface area (Å²) in [6, 6.07) is 6.53. The van der Waals surface area contributed by atoms with E-state index in [-0.39, 0.29) is 5.56 Å². The predicted molar refractivity (Wildman–Crippen MR) is 64.1 cm³/mol. The van der Waals surface area contributed by atoms with Crippen molar-refractivity contribution in [2.24, 2.45) is 7.05 Å². The maximum Gasteiger partial charge on any atom is 0.335 e. The fourth-order valence-corrected chi connectivity index (χ4v) is 1.59. The van der Waals surface area contributed by atoms with Gasteiger partial charge in [-0.3, -0.25) is 4.68 Å². The predicted octanol–water partition coefficient (Wildman–Crippen LogP) is 1.33. The molecule has 0 spiro atoms. The molecule has 2 aromatic rings. The van der Waals surface area contributed by atoms with Gasteiger partial charge < -0.3 is 9.84 Å². The SMILES string of the molecule is COCc1nc(-c2cccc(C(=O)O)c2)nn1C. The zero-order chi connectivity index (χ0) is 13.1. The first-order valence-electron chi connectivity index (χ1n) is 5.34. The lowest BCUT2D eigenvalue weighted by Crippen LogP contribution is -2.00.